The summed E-state index contributed by atoms with van der Waals surface area (Å²) in [4.78, 5) is 12.0. The largest absolute Gasteiger partial charge is 0.496 e. The number of halogens is 1. The molecule has 0 radical (unpaired) electrons. The second-order valence-electron chi connectivity index (χ2n) is 5.74. The molecule has 2 aromatic rings. The maximum absolute atomic E-state index is 12.0. The molecule has 4 nitrogen and oxygen atoms in total. The summed E-state index contributed by atoms with van der Waals surface area (Å²) in [6, 6.07) is 14.0. The van der Waals surface area contributed by atoms with Crippen LogP contribution in [0.2, 0.25) is 0 Å². The fourth-order valence-corrected chi connectivity index (χ4v) is 3.13. The molecule has 25 heavy (non-hydrogen) atoms. The Hall–Kier alpha value is -2.01. The van der Waals surface area contributed by atoms with Crippen LogP contribution < -0.4 is 14.8 Å². The van der Waals surface area contributed by atoms with Crippen LogP contribution >= 0.6 is 15.9 Å². The van der Waals surface area contributed by atoms with E-state index in [0.29, 0.717) is 19.4 Å². The van der Waals surface area contributed by atoms with E-state index in [2.05, 4.69) is 33.4 Å². The first-order valence-corrected chi connectivity index (χ1v) is 9.14. The third-order valence-electron chi connectivity index (χ3n) is 3.98. The van der Waals surface area contributed by atoms with Crippen LogP contribution in [0.15, 0.2) is 46.9 Å². The van der Waals surface area contributed by atoms with Crippen LogP contribution in [0.5, 0.6) is 11.5 Å². The first-order chi connectivity index (χ1) is 12.1. The lowest BCUT2D eigenvalue weighted by molar-refractivity contribution is -0.121. The van der Waals surface area contributed by atoms with Gasteiger partial charge in [-0.1, -0.05) is 30.3 Å². The van der Waals surface area contributed by atoms with Crippen molar-refractivity contribution in [3.05, 3.63) is 58.1 Å². The third-order valence-corrected chi connectivity index (χ3v) is 4.60. The number of nitrogens with one attached hydrogen (secondary N) is 1. The first-order valence-electron chi connectivity index (χ1n) is 8.35. The minimum Gasteiger partial charge on any atom is -0.496 e. The lowest BCUT2D eigenvalue weighted by atomic mass is 10.1. The molecule has 0 atom stereocenters. The number of rotatable bonds is 9. The van der Waals surface area contributed by atoms with Crippen LogP contribution in [-0.2, 0) is 17.6 Å². The molecule has 2 aromatic carbocycles. The van der Waals surface area contributed by atoms with E-state index in [9.17, 15) is 4.79 Å². The zero-order valence-electron chi connectivity index (χ0n) is 14.7. The van der Waals surface area contributed by atoms with E-state index in [1.165, 1.54) is 5.56 Å². The summed E-state index contributed by atoms with van der Waals surface area (Å²) >= 11 is 3.45. The van der Waals surface area contributed by atoms with E-state index in [-0.39, 0.29) is 5.91 Å². The summed E-state index contributed by atoms with van der Waals surface area (Å²) < 4.78 is 11.6. The number of carbonyl (C=O) groups is 1. The Bertz CT molecular complexity index is 689. The second-order valence-corrected chi connectivity index (χ2v) is 6.59. The molecule has 0 saturated heterocycles. The van der Waals surface area contributed by atoms with Crippen molar-refractivity contribution in [2.45, 2.75) is 25.7 Å². The number of aryl methyl sites for hydroxylation is 1. The minimum atomic E-state index is 0.0824. The van der Waals surface area contributed by atoms with Gasteiger partial charge in [0.15, 0.2) is 0 Å². The van der Waals surface area contributed by atoms with Gasteiger partial charge in [0.2, 0.25) is 5.91 Å². The number of hydrogen-bond donors (Lipinski definition) is 1. The van der Waals surface area contributed by atoms with E-state index < -0.39 is 0 Å². The number of ether oxygens (including phenoxy) is 2. The predicted octanol–water partition coefficient (Wildman–Crippen LogP) is 4.15. The van der Waals surface area contributed by atoms with Crippen molar-refractivity contribution in [1.29, 1.82) is 0 Å². The molecule has 0 aliphatic carbocycles. The fraction of sp³-hybridized carbons (Fsp3) is 0.350. The smallest absolute Gasteiger partial charge is 0.220 e. The summed E-state index contributed by atoms with van der Waals surface area (Å²) in [5, 5.41) is 2.97. The average Bonchev–Trinajstić information content (AvgIpc) is 2.63. The highest BCUT2D eigenvalue weighted by atomic mass is 79.9. The molecular formula is C20H24BrNO3. The van der Waals surface area contributed by atoms with Crippen LogP contribution in [-0.4, -0.2) is 26.7 Å². The van der Waals surface area contributed by atoms with Crippen LogP contribution in [0.25, 0.3) is 0 Å². The van der Waals surface area contributed by atoms with Crippen LogP contribution in [0.4, 0.5) is 0 Å². The van der Waals surface area contributed by atoms with Gasteiger partial charge in [-0.15, -0.1) is 0 Å². The van der Waals surface area contributed by atoms with Crippen molar-refractivity contribution in [2.75, 3.05) is 20.8 Å². The summed E-state index contributed by atoms with van der Waals surface area (Å²) in [6.07, 6.45) is 3.00. The molecule has 0 unspecified atom stereocenters. The van der Waals surface area contributed by atoms with Gasteiger partial charge in [-0.05, 0) is 58.5 Å². The van der Waals surface area contributed by atoms with E-state index in [1.807, 2.05) is 30.3 Å². The van der Waals surface area contributed by atoms with Crippen molar-refractivity contribution in [3.8, 4) is 11.5 Å². The van der Waals surface area contributed by atoms with Crippen molar-refractivity contribution in [1.82, 2.24) is 5.32 Å². The molecule has 1 N–H and O–H groups in total. The predicted molar refractivity (Wildman–Crippen MR) is 103 cm³/mol. The maximum atomic E-state index is 12.0. The molecule has 5 heteroatoms. The number of benzene rings is 2. The molecule has 0 fully saturated rings. The Morgan fingerprint density at radius 1 is 1.04 bits per heavy atom. The molecule has 0 saturated carbocycles. The normalized spacial score (nSPS) is 10.4. The van der Waals surface area contributed by atoms with Crippen molar-refractivity contribution < 1.29 is 14.3 Å². The highest BCUT2D eigenvalue weighted by molar-refractivity contribution is 9.10. The Kier molecular flexibility index (Phi) is 7.79. The van der Waals surface area contributed by atoms with Crippen LogP contribution in [0.3, 0.4) is 0 Å². The molecule has 0 spiro atoms. The molecule has 134 valence electrons. The van der Waals surface area contributed by atoms with Crippen LogP contribution in [0.1, 0.15) is 24.0 Å². The summed E-state index contributed by atoms with van der Waals surface area (Å²) in [5.41, 5.74) is 2.27. The number of hydrogen-bond acceptors (Lipinski definition) is 3. The molecule has 1 amide bonds. The zero-order valence-corrected chi connectivity index (χ0v) is 16.3. The summed E-state index contributed by atoms with van der Waals surface area (Å²) in [5.74, 6) is 1.62. The van der Waals surface area contributed by atoms with Gasteiger partial charge in [-0.25, -0.2) is 0 Å². The van der Waals surface area contributed by atoms with Gasteiger partial charge in [0.1, 0.15) is 11.5 Å². The van der Waals surface area contributed by atoms with E-state index in [4.69, 9.17) is 9.47 Å². The highest BCUT2D eigenvalue weighted by Crippen LogP contribution is 2.32. The van der Waals surface area contributed by atoms with Gasteiger partial charge < -0.3 is 14.8 Å². The second kappa shape index (κ2) is 10.1. The standard InChI is InChI=1S/C20H24BrNO3/c1-24-18-14-17(21)19(25-2)13-16(18)11-12-22-20(23)10-6-9-15-7-4-3-5-8-15/h3-5,7-8,13-14H,6,9-12H2,1-2H3,(H,22,23). The lowest BCUT2D eigenvalue weighted by Gasteiger charge is -2.13. The van der Waals surface area contributed by atoms with E-state index in [0.717, 1.165) is 34.4 Å². The minimum absolute atomic E-state index is 0.0824. The quantitative estimate of drug-likeness (QED) is 0.681. The Balaban J connectivity index is 1.77. The first kappa shape index (κ1) is 19.3. The molecule has 0 aromatic heterocycles. The maximum Gasteiger partial charge on any atom is 0.220 e. The summed E-state index contributed by atoms with van der Waals surface area (Å²) in [7, 11) is 3.27. The van der Waals surface area contributed by atoms with Gasteiger partial charge in [-0.2, -0.15) is 0 Å². The molecule has 0 heterocycles. The van der Waals surface area contributed by atoms with Gasteiger partial charge in [-0.3, -0.25) is 4.79 Å². The number of methoxy groups -OCH3 is 2. The van der Waals surface area contributed by atoms with Crippen molar-refractivity contribution in [2.24, 2.45) is 0 Å². The molecule has 0 bridgehead atoms. The van der Waals surface area contributed by atoms with E-state index in [1.54, 1.807) is 14.2 Å². The van der Waals surface area contributed by atoms with Crippen molar-refractivity contribution in [3.63, 3.8) is 0 Å². The number of carbonyl (C=O) groups excluding carboxylic acids is 1. The third kappa shape index (κ3) is 6.09. The fourth-order valence-electron chi connectivity index (χ4n) is 2.64. The van der Waals surface area contributed by atoms with Gasteiger partial charge >= 0.3 is 0 Å². The van der Waals surface area contributed by atoms with E-state index >= 15 is 0 Å². The molecular weight excluding hydrogens is 382 g/mol. The monoisotopic (exact) mass is 405 g/mol. The summed E-state index contributed by atoms with van der Waals surface area (Å²) in [6.45, 7) is 0.575. The molecule has 0 aliphatic rings. The molecule has 0 aliphatic heterocycles. The highest BCUT2D eigenvalue weighted by Gasteiger charge is 2.10. The Labute approximate surface area is 157 Å². The van der Waals surface area contributed by atoms with Gasteiger partial charge in [0, 0.05) is 13.0 Å². The Morgan fingerprint density at radius 3 is 2.44 bits per heavy atom. The Morgan fingerprint density at radius 2 is 1.76 bits per heavy atom. The lowest BCUT2D eigenvalue weighted by Crippen LogP contribution is -2.25. The zero-order chi connectivity index (χ0) is 18.1. The van der Waals surface area contributed by atoms with Crippen molar-refractivity contribution >= 4 is 21.8 Å². The average molecular weight is 406 g/mol. The number of amides is 1. The van der Waals surface area contributed by atoms with Gasteiger partial charge in [0.05, 0.1) is 18.7 Å². The van der Waals surface area contributed by atoms with Crippen LogP contribution in [0, 0.1) is 0 Å². The SMILES string of the molecule is COc1cc(CCNC(=O)CCCc2ccccc2)c(OC)cc1Br. The topological polar surface area (TPSA) is 47.6 Å². The molecule has 2 rings (SSSR count). The van der Waals surface area contributed by atoms with Gasteiger partial charge in [0.25, 0.3) is 0 Å².